The zero-order valence-electron chi connectivity index (χ0n) is 14.1. The Kier molecular flexibility index (Phi) is 6.62. The predicted molar refractivity (Wildman–Crippen MR) is 97.8 cm³/mol. The topological polar surface area (TPSA) is 46.5 Å². The molecule has 126 valence electrons. The van der Waals surface area contributed by atoms with Crippen LogP contribution in [0.1, 0.15) is 48.5 Å². The van der Waals surface area contributed by atoms with Crippen molar-refractivity contribution in [2.24, 2.45) is 0 Å². The quantitative estimate of drug-likeness (QED) is 0.541. The van der Waals surface area contributed by atoms with E-state index in [0.29, 0.717) is 12.2 Å². The highest BCUT2D eigenvalue weighted by Gasteiger charge is 2.16. The van der Waals surface area contributed by atoms with Crippen LogP contribution in [0.15, 0.2) is 66.5 Å². The first-order valence-electron chi connectivity index (χ1n) is 8.34. The molecule has 0 heterocycles. The summed E-state index contributed by atoms with van der Waals surface area (Å²) in [7, 11) is 0. The number of benzene rings is 1. The minimum atomic E-state index is -0.895. The van der Waals surface area contributed by atoms with E-state index in [1.165, 1.54) is 0 Å². The third-order valence-electron chi connectivity index (χ3n) is 3.99. The fraction of sp³-hybridized carbons (Fsp3) is 0.286. The van der Waals surface area contributed by atoms with Crippen molar-refractivity contribution in [3.63, 3.8) is 0 Å². The number of rotatable bonds is 7. The molecule has 3 nitrogen and oxygen atoms in total. The van der Waals surface area contributed by atoms with Crippen LogP contribution in [-0.4, -0.2) is 17.7 Å². The first-order chi connectivity index (χ1) is 11.7. The van der Waals surface area contributed by atoms with E-state index in [9.17, 15) is 9.90 Å². The summed E-state index contributed by atoms with van der Waals surface area (Å²) < 4.78 is 5.78. The number of allylic oxidation sites excluding steroid dienone is 6. The summed E-state index contributed by atoms with van der Waals surface area (Å²) >= 11 is 0. The molecule has 2 rings (SSSR count). The number of hydrogen-bond acceptors (Lipinski definition) is 2. The van der Waals surface area contributed by atoms with Crippen molar-refractivity contribution in [3.8, 4) is 0 Å². The van der Waals surface area contributed by atoms with Crippen LogP contribution >= 0.6 is 0 Å². The van der Waals surface area contributed by atoms with Gasteiger partial charge in [-0.05, 0) is 48.1 Å². The number of carboxylic acids is 1. The standard InChI is InChI=1S/C21H24O3/c1-3-5-15-24-17-9-8-12-18(16(4-2)13-14-17)19-10-6-7-11-20(19)21(22)23/h3,6-7,10-14H,1,4-5,8-9,15H2,2H3,(H,22,23)/b16-13-,17-14+,18-12+. The molecule has 0 saturated carbocycles. The molecule has 0 saturated heterocycles. The Bertz CT molecular complexity index is 693. The van der Waals surface area contributed by atoms with E-state index in [0.717, 1.165) is 48.2 Å². The molecule has 0 radical (unpaired) electrons. The normalized spacial score (nSPS) is 21.1. The van der Waals surface area contributed by atoms with Crippen molar-refractivity contribution in [2.75, 3.05) is 6.61 Å². The Labute approximate surface area is 143 Å². The Hall–Kier alpha value is -2.55. The molecule has 0 aliphatic heterocycles. The number of aromatic carboxylic acids is 1. The zero-order chi connectivity index (χ0) is 17.4. The summed E-state index contributed by atoms with van der Waals surface area (Å²) in [5.41, 5.74) is 3.25. The summed E-state index contributed by atoms with van der Waals surface area (Å²) in [6, 6.07) is 7.18. The van der Waals surface area contributed by atoms with Crippen LogP contribution in [0.5, 0.6) is 0 Å². The van der Waals surface area contributed by atoms with E-state index in [1.807, 2.05) is 30.4 Å². The average molecular weight is 324 g/mol. The number of ether oxygens (including phenoxy) is 1. The van der Waals surface area contributed by atoms with Crippen LogP contribution in [0.25, 0.3) is 5.57 Å². The lowest BCUT2D eigenvalue weighted by molar-refractivity contribution is 0.0696. The zero-order valence-corrected chi connectivity index (χ0v) is 14.1. The van der Waals surface area contributed by atoms with Crippen LogP contribution in [0.2, 0.25) is 0 Å². The molecule has 1 aromatic carbocycles. The second-order valence-corrected chi connectivity index (χ2v) is 5.61. The van der Waals surface area contributed by atoms with Crippen molar-refractivity contribution < 1.29 is 14.6 Å². The summed E-state index contributed by atoms with van der Waals surface area (Å²) in [5, 5.41) is 9.46. The maximum atomic E-state index is 11.5. The molecule has 3 heteroatoms. The Morgan fingerprint density at radius 1 is 1.33 bits per heavy atom. The van der Waals surface area contributed by atoms with Gasteiger partial charge in [0.1, 0.15) is 0 Å². The van der Waals surface area contributed by atoms with Gasteiger partial charge in [-0.15, -0.1) is 6.58 Å². The molecule has 1 aliphatic carbocycles. The smallest absolute Gasteiger partial charge is 0.336 e. The first kappa shape index (κ1) is 17.8. The van der Waals surface area contributed by atoms with Crippen LogP contribution < -0.4 is 0 Å². The van der Waals surface area contributed by atoms with Crippen LogP contribution in [-0.2, 0) is 4.74 Å². The first-order valence-corrected chi connectivity index (χ1v) is 8.34. The van der Waals surface area contributed by atoms with E-state index >= 15 is 0 Å². The summed E-state index contributed by atoms with van der Waals surface area (Å²) in [5.74, 6) is 0.0672. The molecule has 1 N–H and O–H groups in total. The van der Waals surface area contributed by atoms with E-state index in [4.69, 9.17) is 4.74 Å². The van der Waals surface area contributed by atoms with Gasteiger partial charge in [0.05, 0.1) is 17.9 Å². The molecular formula is C21H24O3. The average Bonchev–Trinajstić information content (AvgIpc) is 2.57. The van der Waals surface area contributed by atoms with Gasteiger partial charge in [-0.3, -0.25) is 0 Å². The van der Waals surface area contributed by atoms with Gasteiger partial charge in [0.2, 0.25) is 0 Å². The maximum absolute atomic E-state index is 11.5. The fourth-order valence-electron chi connectivity index (χ4n) is 2.75. The van der Waals surface area contributed by atoms with Crippen LogP contribution in [0.3, 0.4) is 0 Å². The molecule has 0 spiro atoms. The van der Waals surface area contributed by atoms with E-state index in [-0.39, 0.29) is 0 Å². The molecule has 0 bridgehead atoms. The van der Waals surface area contributed by atoms with Crippen molar-refractivity contribution in [1.82, 2.24) is 0 Å². The van der Waals surface area contributed by atoms with Gasteiger partial charge in [0, 0.05) is 6.42 Å². The predicted octanol–water partition coefficient (Wildman–Crippen LogP) is 5.38. The minimum Gasteiger partial charge on any atom is -0.498 e. The third kappa shape index (κ3) is 4.48. The molecule has 0 unspecified atom stereocenters. The molecule has 24 heavy (non-hydrogen) atoms. The number of hydrogen-bond donors (Lipinski definition) is 1. The van der Waals surface area contributed by atoms with Crippen molar-refractivity contribution in [1.29, 1.82) is 0 Å². The van der Waals surface area contributed by atoms with Crippen molar-refractivity contribution in [3.05, 3.63) is 77.6 Å². The number of carbonyl (C=O) groups is 1. The second kappa shape index (κ2) is 8.92. The largest absolute Gasteiger partial charge is 0.498 e. The summed E-state index contributed by atoms with van der Waals surface area (Å²) in [6.07, 6.45) is 11.3. The van der Waals surface area contributed by atoms with Crippen LogP contribution in [0, 0.1) is 0 Å². The molecule has 1 aromatic rings. The summed E-state index contributed by atoms with van der Waals surface area (Å²) in [6.45, 7) is 6.42. The molecular weight excluding hydrogens is 300 g/mol. The van der Waals surface area contributed by atoms with Crippen molar-refractivity contribution in [2.45, 2.75) is 32.6 Å². The Balaban J connectivity index is 2.33. The van der Waals surface area contributed by atoms with Gasteiger partial charge in [0.15, 0.2) is 0 Å². The SMILES string of the molecule is C=CCCO/C1=C/C=C(CC)\C(c2ccccc2C(=O)O)=C/CC1. The molecule has 0 fully saturated rings. The lowest BCUT2D eigenvalue weighted by Gasteiger charge is -2.17. The fourth-order valence-corrected chi connectivity index (χ4v) is 2.75. The third-order valence-corrected chi connectivity index (χ3v) is 3.99. The van der Waals surface area contributed by atoms with Crippen LogP contribution in [0.4, 0.5) is 0 Å². The van der Waals surface area contributed by atoms with Gasteiger partial charge in [-0.2, -0.15) is 0 Å². The van der Waals surface area contributed by atoms with Gasteiger partial charge in [-0.1, -0.05) is 43.4 Å². The highest BCUT2D eigenvalue weighted by Crippen LogP contribution is 2.31. The number of carboxylic acid groups (broad SMARTS) is 1. The van der Waals surface area contributed by atoms with E-state index in [1.54, 1.807) is 12.1 Å². The van der Waals surface area contributed by atoms with Crippen molar-refractivity contribution >= 4 is 11.5 Å². The monoisotopic (exact) mass is 324 g/mol. The van der Waals surface area contributed by atoms with E-state index in [2.05, 4.69) is 19.6 Å². The lowest BCUT2D eigenvalue weighted by Crippen LogP contribution is -2.04. The highest BCUT2D eigenvalue weighted by atomic mass is 16.5. The molecule has 1 aliphatic rings. The lowest BCUT2D eigenvalue weighted by atomic mass is 9.90. The van der Waals surface area contributed by atoms with Gasteiger partial charge >= 0.3 is 5.97 Å². The summed E-state index contributed by atoms with van der Waals surface area (Å²) in [4.78, 5) is 11.5. The van der Waals surface area contributed by atoms with Gasteiger partial charge in [0.25, 0.3) is 0 Å². The van der Waals surface area contributed by atoms with Gasteiger partial charge in [-0.25, -0.2) is 4.79 Å². The highest BCUT2D eigenvalue weighted by molar-refractivity contribution is 5.96. The second-order valence-electron chi connectivity index (χ2n) is 5.61. The van der Waals surface area contributed by atoms with E-state index < -0.39 is 5.97 Å². The molecule has 0 amide bonds. The van der Waals surface area contributed by atoms with Gasteiger partial charge < -0.3 is 9.84 Å². The molecule has 0 atom stereocenters. The Morgan fingerprint density at radius 3 is 2.83 bits per heavy atom. The maximum Gasteiger partial charge on any atom is 0.336 e. The molecule has 0 aromatic heterocycles. The minimum absolute atomic E-state index is 0.343. The Morgan fingerprint density at radius 2 is 2.12 bits per heavy atom.